The van der Waals surface area contributed by atoms with E-state index in [0.717, 1.165) is 19.6 Å². The molecule has 0 saturated carbocycles. The average molecular weight is 180 g/mol. The first kappa shape index (κ1) is 9.26. The highest BCUT2D eigenvalue weighted by molar-refractivity contribution is 5.85. The lowest BCUT2D eigenvalue weighted by atomic mass is 10.0. The van der Waals surface area contributed by atoms with Gasteiger partial charge in [0.2, 0.25) is 0 Å². The molecule has 2 heterocycles. The number of fused-ring (bicyclic) bond motifs is 1. The second kappa shape index (κ2) is 3.72. The van der Waals surface area contributed by atoms with Crippen LogP contribution in [0.1, 0.15) is 6.42 Å². The van der Waals surface area contributed by atoms with E-state index in [-0.39, 0.29) is 12.4 Å². The number of ether oxygens (including phenoxy) is 2. The highest BCUT2D eigenvalue weighted by Crippen LogP contribution is 2.30. The van der Waals surface area contributed by atoms with Crippen LogP contribution in [0.3, 0.4) is 0 Å². The number of rotatable bonds is 1. The average Bonchev–Trinajstić information content (AvgIpc) is 2.42. The lowest BCUT2D eigenvalue weighted by molar-refractivity contribution is 0.0242. The molecule has 2 N–H and O–H groups in total. The maximum Gasteiger partial charge on any atom is 0.0863 e. The molecule has 3 atom stereocenters. The third kappa shape index (κ3) is 1.67. The molecule has 2 aliphatic rings. The van der Waals surface area contributed by atoms with Crippen molar-refractivity contribution in [1.82, 2.24) is 0 Å². The zero-order valence-electron chi connectivity index (χ0n) is 6.36. The molecular formula is C7H14ClNO2. The van der Waals surface area contributed by atoms with Crippen molar-refractivity contribution in [1.29, 1.82) is 0 Å². The summed E-state index contributed by atoms with van der Waals surface area (Å²) in [6.45, 7) is 2.31. The Morgan fingerprint density at radius 3 is 2.82 bits per heavy atom. The Kier molecular flexibility index (Phi) is 3.13. The van der Waals surface area contributed by atoms with E-state index in [1.54, 1.807) is 0 Å². The smallest absolute Gasteiger partial charge is 0.0863 e. The van der Waals surface area contributed by atoms with Crippen molar-refractivity contribution in [2.24, 2.45) is 11.7 Å². The fourth-order valence-electron chi connectivity index (χ4n) is 1.74. The molecular weight excluding hydrogens is 166 g/mol. The SMILES string of the molecule is Cl.NCC1CC2COCC2O1. The normalized spacial score (nSPS) is 41.7. The van der Waals surface area contributed by atoms with Crippen LogP contribution in [-0.2, 0) is 9.47 Å². The summed E-state index contributed by atoms with van der Waals surface area (Å²) in [5.41, 5.74) is 5.47. The zero-order valence-corrected chi connectivity index (χ0v) is 7.18. The van der Waals surface area contributed by atoms with Crippen molar-refractivity contribution in [3.05, 3.63) is 0 Å². The van der Waals surface area contributed by atoms with Crippen LogP contribution in [0.25, 0.3) is 0 Å². The van der Waals surface area contributed by atoms with Gasteiger partial charge in [0.25, 0.3) is 0 Å². The van der Waals surface area contributed by atoms with E-state index in [1.807, 2.05) is 0 Å². The highest BCUT2D eigenvalue weighted by Gasteiger charge is 2.38. The van der Waals surface area contributed by atoms with Crippen LogP contribution in [0.15, 0.2) is 0 Å². The van der Waals surface area contributed by atoms with Gasteiger partial charge in [-0.1, -0.05) is 0 Å². The van der Waals surface area contributed by atoms with E-state index >= 15 is 0 Å². The molecule has 0 amide bonds. The summed E-state index contributed by atoms with van der Waals surface area (Å²) < 4.78 is 10.8. The van der Waals surface area contributed by atoms with Crippen LogP contribution in [-0.4, -0.2) is 32.0 Å². The Morgan fingerprint density at radius 2 is 2.18 bits per heavy atom. The molecule has 4 heteroatoms. The van der Waals surface area contributed by atoms with Crippen molar-refractivity contribution in [2.75, 3.05) is 19.8 Å². The molecule has 66 valence electrons. The molecule has 2 fully saturated rings. The van der Waals surface area contributed by atoms with Gasteiger partial charge in [0.15, 0.2) is 0 Å². The lowest BCUT2D eigenvalue weighted by Crippen LogP contribution is -2.21. The first-order chi connectivity index (χ1) is 4.90. The first-order valence-corrected chi connectivity index (χ1v) is 3.83. The van der Waals surface area contributed by atoms with Gasteiger partial charge in [0, 0.05) is 12.5 Å². The molecule has 11 heavy (non-hydrogen) atoms. The topological polar surface area (TPSA) is 44.5 Å². The van der Waals surface area contributed by atoms with Gasteiger partial charge in [-0.3, -0.25) is 0 Å². The van der Waals surface area contributed by atoms with E-state index in [1.165, 1.54) is 0 Å². The predicted octanol–water partition coefficient (Wildman–Crippen LogP) is 0.171. The van der Waals surface area contributed by atoms with Crippen LogP contribution < -0.4 is 5.73 Å². The summed E-state index contributed by atoms with van der Waals surface area (Å²) in [4.78, 5) is 0. The van der Waals surface area contributed by atoms with Crippen molar-refractivity contribution >= 4 is 12.4 Å². The Balaban J connectivity index is 0.000000605. The van der Waals surface area contributed by atoms with Gasteiger partial charge in [-0.2, -0.15) is 0 Å². The van der Waals surface area contributed by atoms with Crippen molar-refractivity contribution < 1.29 is 9.47 Å². The van der Waals surface area contributed by atoms with Gasteiger partial charge in [-0.25, -0.2) is 0 Å². The van der Waals surface area contributed by atoms with Gasteiger partial charge in [0.05, 0.1) is 25.4 Å². The summed E-state index contributed by atoms with van der Waals surface area (Å²) >= 11 is 0. The van der Waals surface area contributed by atoms with E-state index in [4.69, 9.17) is 15.2 Å². The van der Waals surface area contributed by atoms with Gasteiger partial charge < -0.3 is 15.2 Å². The largest absolute Gasteiger partial charge is 0.378 e. The third-order valence-electron chi connectivity index (χ3n) is 2.34. The van der Waals surface area contributed by atoms with Gasteiger partial charge in [-0.15, -0.1) is 12.4 Å². The van der Waals surface area contributed by atoms with Gasteiger partial charge >= 0.3 is 0 Å². The molecule has 0 spiro atoms. The van der Waals surface area contributed by atoms with E-state index in [9.17, 15) is 0 Å². The minimum atomic E-state index is 0. The predicted molar refractivity (Wildman–Crippen MR) is 43.9 cm³/mol. The molecule has 0 aromatic carbocycles. The van der Waals surface area contributed by atoms with Crippen LogP contribution in [0.5, 0.6) is 0 Å². The van der Waals surface area contributed by atoms with Gasteiger partial charge in [-0.05, 0) is 6.42 Å². The first-order valence-electron chi connectivity index (χ1n) is 3.83. The number of nitrogens with two attached hydrogens (primary N) is 1. The second-order valence-electron chi connectivity index (χ2n) is 3.07. The molecule has 3 unspecified atom stereocenters. The van der Waals surface area contributed by atoms with Crippen LogP contribution in [0, 0.1) is 5.92 Å². The Hall–Kier alpha value is 0.170. The monoisotopic (exact) mass is 179 g/mol. The maximum absolute atomic E-state index is 5.58. The van der Waals surface area contributed by atoms with Crippen molar-refractivity contribution in [3.63, 3.8) is 0 Å². The summed E-state index contributed by atoms with van der Waals surface area (Å²) in [5.74, 6) is 0.633. The van der Waals surface area contributed by atoms with Crippen LogP contribution in [0.4, 0.5) is 0 Å². The fraction of sp³-hybridized carbons (Fsp3) is 1.00. The number of hydrogen-bond donors (Lipinski definition) is 1. The minimum absolute atomic E-state index is 0. The summed E-state index contributed by atoms with van der Waals surface area (Å²) in [7, 11) is 0. The highest BCUT2D eigenvalue weighted by atomic mass is 35.5. The zero-order chi connectivity index (χ0) is 6.97. The fourth-order valence-corrected chi connectivity index (χ4v) is 1.74. The number of halogens is 1. The number of hydrogen-bond acceptors (Lipinski definition) is 3. The molecule has 0 aromatic rings. The maximum atomic E-state index is 5.58. The molecule has 2 rings (SSSR count). The second-order valence-corrected chi connectivity index (χ2v) is 3.07. The Labute approximate surface area is 72.6 Å². The van der Waals surface area contributed by atoms with E-state index in [2.05, 4.69) is 0 Å². The molecule has 0 aliphatic carbocycles. The van der Waals surface area contributed by atoms with Crippen LogP contribution in [0.2, 0.25) is 0 Å². The van der Waals surface area contributed by atoms with Crippen LogP contribution >= 0.6 is 12.4 Å². The van der Waals surface area contributed by atoms with Gasteiger partial charge in [0.1, 0.15) is 0 Å². The molecule has 0 aromatic heterocycles. The van der Waals surface area contributed by atoms with E-state index < -0.39 is 0 Å². The summed E-state index contributed by atoms with van der Waals surface area (Å²) in [6.07, 6.45) is 1.76. The standard InChI is InChI=1S/C7H13NO2.ClH/c8-2-6-1-5-3-9-4-7(5)10-6;/h5-7H,1-4,8H2;1H. The molecule has 3 nitrogen and oxygen atoms in total. The summed E-state index contributed by atoms with van der Waals surface area (Å²) in [5, 5.41) is 0. The summed E-state index contributed by atoms with van der Waals surface area (Å²) in [6, 6.07) is 0. The Bertz CT molecular complexity index is 122. The lowest BCUT2D eigenvalue weighted by Gasteiger charge is -2.08. The van der Waals surface area contributed by atoms with Crippen molar-refractivity contribution in [3.8, 4) is 0 Å². The third-order valence-corrected chi connectivity index (χ3v) is 2.34. The Morgan fingerprint density at radius 1 is 1.36 bits per heavy atom. The van der Waals surface area contributed by atoms with Crippen molar-refractivity contribution in [2.45, 2.75) is 18.6 Å². The molecule has 0 radical (unpaired) electrons. The quantitative estimate of drug-likeness (QED) is 0.624. The molecule has 2 aliphatic heterocycles. The van der Waals surface area contributed by atoms with E-state index in [0.29, 0.717) is 24.7 Å². The molecule has 2 saturated heterocycles. The minimum Gasteiger partial charge on any atom is -0.378 e. The molecule has 0 bridgehead atoms.